The van der Waals surface area contributed by atoms with Gasteiger partial charge in [-0.1, -0.05) is 19.1 Å². The quantitative estimate of drug-likeness (QED) is 0.682. The molecule has 1 aromatic rings. The summed E-state index contributed by atoms with van der Waals surface area (Å²) in [6, 6.07) is 8.28. The Morgan fingerprint density at radius 2 is 1.95 bits per heavy atom. The van der Waals surface area contributed by atoms with E-state index in [1.807, 2.05) is 45.0 Å². The maximum atomic E-state index is 9.21. The molecule has 3 unspecified atom stereocenters. The number of hydrogen-bond donors (Lipinski definition) is 3. The lowest BCUT2D eigenvalue weighted by atomic mass is 10.0. The number of ether oxygens (including phenoxy) is 1. The number of benzene rings is 1. The van der Waals surface area contributed by atoms with Crippen molar-refractivity contribution in [3.63, 3.8) is 0 Å². The van der Waals surface area contributed by atoms with Crippen molar-refractivity contribution in [1.82, 2.24) is 5.32 Å². The molecule has 0 aliphatic carbocycles. The predicted molar refractivity (Wildman–Crippen MR) is 82.8 cm³/mol. The van der Waals surface area contributed by atoms with Crippen LogP contribution < -0.4 is 15.8 Å². The van der Waals surface area contributed by atoms with Crippen molar-refractivity contribution >= 4 is 0 Å². The van der Waals surface area contributed by atoms with Crippen molar-refractivity contribution < 1.29 is 9.84 Å². The number of hydrogen-bond acceptors (Lipinski definition) is 4. The zero-order chi connectivity index (χ0) is 15.1. The summed E-state index contributed by atoms with van der Waals surface area (Å²) in [5.74, 6) is 1.06. The molecule has 0 amide bonds. The minimum Gasteiger partial charge on any atom is -0.491 e. The molecular formula is C16H28N2O2. The molecule has 4 N–H and O–H groups in total. The maximum absolute atomic E-state index is 9.21. The molecule has 0 aliphatic rings. The van der Waals surface area contributed by atoms with Gasteiger partial charge in [0.1, 0.15) is 5.75 Å². The summed E-state index contributed by atoms with van der Waals surface area (Å²) in [4.78, 5) is 0. The van der Waals surface area contributed by atoms with E-state index in [0.717, 1.165) is 11.3 Å². The van der Waals surface area contributed by atoms with Gasteiger partial charge in [-0.15, -0.1) is 0 Å². The van der Waals surface area contributed by atoms with Crippen LogP contribution in [0, 0.1) is 5.92 Å². The van der Waals surface area contributed by atoms with Gasteiger partial charge >= 0.3 is 0 Å². The van der Waals surface area contributed by atoms with Crippen molar-refractivity contribution in [2.45, 2.75) is 45.9 Å². The Morgan fingerprint density at radius 3 is 2.50 bits per heavy atom. The van der Waals surface area contributed by atoms with Crippen LogP contribution in [0.3, 0.4) is 0 Å². The zero-order valence-electron chi connectivity index (χ0n) is 13.0. The van der Waals surface area contributed by atoms with Gasteiger partial charge in [-0.2, -0.15) is 0 Å². The Balaban J connectivity index is 2.78. The lowest BCUT2D eigenvalue weighted by molar-refractivity contribution is 0.201. The molecule has 20 heavy (non-hydrogen) atoms. The first-order valence-corrected chi connectivity index (χ1v) is 7.31. The molecule has 0 aromatic heterocycles. The predicted octanol–water partition coefficient (Wildman–Crippen LogP) is 2.08. The topological polar surface area (TPSA) is 67.5 Å². The Labute approximate surface area is 122 Å². The van der Waals surface area contributed by atoms with Crippen LogP contribution in [0.5, 0.6) is 5.75 Å². The van der Waals surface area contributed by atoms with E-state index < -0.39 is 0 Å². The highest BCUT2D eigenvalue weighted by atomic mass is 16.5. The molecule has 0 fully saturated rings. The SMILES string of the molecule is CC(C)Oc1cccc(C(CN)NC(C)C(C)CO)c1. The van der Waals surface area contributed by atoms with Crippen molar-refractivity contribution in [2.24, 2.45) is 11.7 Å². The van der Waals surface area contributed by atoms with Gasteiger partial charge in [-0.25, -0.2) is 0 Å². The third-order valence-corrected chi connectivity index (χ3v) is 3.47. The van der Waals surface area contributed by atoms with E-state index in [1.165, 1.54) is 0 Å². The third-order valence-electron chi connectivity index (χ3n) is 3.47. The monoisotopic (exact) mass is 280 g/mol. The smallest absolute Gasteiger partial charge is 0.120 e. The number of nitrogens with two attached hydrogens (primary N) is 1. The highest BCUT2D eigenvalue weighted by molar-refractivity contribution is 5.31. The average Bonchev–Trinajstić information content (AvgIpc) is 2.43. The van der Waals surface area contributed by atoms with Crippen LogP contribution in [0.4, 0.5) is 0 Å². The largest absolute Gasteiger partial charge is 0.491 e. The second kappa shape index (κ2) is 8.25. The molecule has 1 rings (SSSR count). The van der Waals surface area contributed by atoms with E-state index in [0.29, 0.717) is 6.54 Å². The summed E-state index contributed by atoms with van der Waals surface area (Å²) in [6.45, 7) is 8.78. The first-order chi connectivity index (χ1) is 9.47. The van der Waals surface area contributed by atoms with Crippen LogP contribution in [-0.2, 0) is 0 Å². The Bertz CT molecular complexity index is 396. The molecule has 3 atom stereocenters. The first kappa shape index (κ1) is 17.0. The minimum absolute atomic E-state index is 0.0645. The van der Waals surface area contributed by atoms with E-state index in [9.17, 15) is 5.11 Å². The molecule has 1 aromatic carbocycles. The molecule has 4 heteroatoms. The molecule has 0 radical (unpaired) electrons. The Morgan fingerprint density at radius 1 is 1.25 bits per heavy atom. The van der Waals surface area contributed by atoms with Crippen LogP contribution in [0.25, 0.3) is 0 Å². The molecule has 0 saturated heterocycles. The zero-order valence-corrected chi connectivity index (χ0v) is 13.0. The van der Waals surface area contributed by atoms with E-state index in [1.54, 1.807) is 0 Å². The molecule has 114 valence electrons. The fourth-order valence-electron chi connectivity index (χ4n) is 2.02. The van der Waals surface area contributed by atoms with Gasteiger partial charge < -0.3 is 20.9 Å². The standard InChI is InChI=1S/C16H28N2O2/c1-11(2)20-15-7-5-6-14(8-15)16(9-17)18-13(4)12(3)10-19/h5-8,11-13,16,18-19H,9-10,17H2,1-4H3. The van der Waals surface area contributed by atoms with E-state index in [-0.39, 0.29) is 30.7 Å². The first-order valence-electron chi connectivity index (χ1n) is 7.31. The molecule has 4 nitrogen and oxygen atoms in total. The van der Waals surface area contributed by atoms with Gasteiger partial charge in [0.05, 0.1) is 6.10 Å². The summed E-state index contributed by atoms with van der Waals surface area (Å²) in [6.07, 6.45) is 0.155. The summed E-state index contributed by atoms with van der Waals surface area (Å²) >= 11 is 0. The van der Waals surface area contributed by atoms with Crippen molar-refractivity contribution in [3.8, 4) is 5.75 Å². The number of aliphatic hydroxyl groups is 1. The van der Waals surface area contributed by atoms with Crippen LogP contribution >= 0.6 is 0 Å². The van der Waals surface area contributed by atoms with Gasteiger partial charge in [-0.3, -0.25) is 0 Å². The molecule has 0 aliphatic heterocycles. The minimum atomic E-state index is 0.0645. The lowest BCUT2D eigenvalue weighted by Gasteiger charge is -2.26. The van der Waals surface area contributed by atoms with E-state index >= 15 is 0 Å². The second-order valence-electron chi connectivity index (χ2n) is 5.64. The van der Waals surface area contributed by atoms with Gasteiger partial charge in [0.15, 0.2) is 0 Å². The molecule has 0 saturated carbocycles. The highest BCUT2D eigenvalue weighted by Crippen LogP contribution is 2.21. The molecule has 0 heterocycles. The average molecular weight is 280 g/mol. The van der Waals surface area contributed by atoms with Crippen LogP contribution in [0.15, 0.2) is 24.3 Å². The molecule has 0 spiro atoms. The van der Waals surface area contributed by atoms with Gasteiger partial charge in [0, 0.05) is 25.2 Å². The van der Waals surface area contributed by atoms with E-state index in [4.69, 9.17) is 10.5 Å². The number of nitrogens with one attached hydrogen (secondary N) is 1. The Kier molecular flexibility index (Phi) is 6.99. The van der Waals surface area contributed by atoms with Crippen LogP contribution in [0.1, 0.15) is 39.3 Å². The molecular weight excluding hydrogens is 252 g/mol. The normalized spacial score (nSPS) is 15.9. The fraction of sp³-hybridized carbons (Fsp3) is 0.625. The number of aliphatic hydroxyl groups excluding tert-OH is 1. The second-order valence-corrected chi connectivity index (χ2v) is 5.64. The van der Waals surface area contributed by atoms with Gasteiger partial charge in [-0.05, 0) is 44.4 Å². The van der Waals surface area contributed by atoms with Gasteiger partial charge in [0.2, 0.25) is 0 Å². The molecule has 0 bridgehead atoms. The summed E-state index contributed by atoms with van der Waals surface area (Å²) in [5, 5.41) is 12.7. The summed E-state index contributed by atoms with van der Waals surface area (Å²) in [5.41, 5.74) is 6.99. The fourth-order valence-corrected chi connectivity index (χ4v) is 2.02. The van der Waals surface area contributed by atoms with Crippen molar-refractivity contribution in [3.05, 3.63) is 29.8 Å². The lowest BCUT2D eigenvalue weighted by Crippen LogP contribution is -2.39. The third kappa shape index (κ3) is 5.12. The van der Waals surface area contributed by atoms with Crippen molar-refractivity contribution in [1.29, 1.82) is 0 Å². The highest BCUT2D eigenvalue weighted by Gasteiger charge is 2.17. The maximum Gasteiger partial charge on any atom is 0.120 e. The van der Waals surface area contributed by atoms with Crippen molar-refractivity contribution in [2.75, 3.05) is 13.2 Å². The van der Waals surface area contributed by atoms with Crippen LogP contribution in [-0.4, -0.2) is 30.4 Å². The van der Waals surface area contributed by atoms with Crippen LogP contribution in [0.2, 0.25) is 0 Å². The summed E-state index contributed by atoms with van der Waals surface area (Å²) in [7, 11) is 0. The van der Waals surface area contributed by atoms with E-state index in [2.05, 4.69) is 12.2 Å². The summed E-state index contributed by atoms with van der Waals surface area (Å²) < 4.78 is 5.71. The Hall–Kier alpha value is -1.10. The van der Waals surface area contributed by atoms with Gasteiger partial charge in [0.25, 0.3) is 0 Å². The number of rotatable bonds is 8.